The van der Waals surface area contributed by atoms with Gasteiger partial charge in [0, 0.05) is 0 Å². The van der Waals surface area contributed by atoms with E-state index in [0.29, 0.717) is 0 Å². The molecule has 0 aliphatic carbocycles. The number of terminal acetylenes is 1. The van der Waals surface area contributed by atoms with Gasteiger partial charge in [-0.25, -0.2) is 4.79 Å². The molecule has 1 fully saturated rings. The van der Waals surface area contributed by atoms with Gasteiger partial charge in [-0.2, -0.15) is 0 Å². The lowest BCUT2D eigenvalue weighted by Crippen LogP contribution is -2.04. The molecule has 3 nitrogen and oxygen atoms in total. The fourth-order valence-corrected chi connectivity index (χ4v) is 0.410. The molecule has 0 spiro atoms. The van der Waals surface area contributed by atoms with Crippen LogP contribution in [0.4, 0.5) is 4.79 Å². The Kier molecular flexibility index (Phi) is 1.09. The number of ether oxygens (including phenoxy) is 2. The third-order valence-electron chi connectivity index (χ3n) is 0.777. The number of rotatable bonds is 0. The highest BCUT2D eigenvalue weighted by atomic mass is 16.8. The van der Waals surface area contributed by atoms with Crippen LogP contribution in [0.1, 0.15) is 0 Å². The Bertz CT molecular complexity index is 144. The van der Waals surface area contributed by atoms with Crippen LogP contribution < -0.4 is 0 Å². The lowest BCUT2D eigenvalue weighted by molar-refractivity contribution is 0.126. The highest BCUT2D eigenvalue weighted by Gasteiger charge is 2.21. The van der Waals surface area contributed by atoms with Gasteiger partial charge in [0.15, 0.2) is 6.10 Å². The van der Waals surface area contributed by atoms with Gasteiger partial charge in [-0.1, -0.05) is 5.92 Å². The van der Waals surface area contributed by atoms with Gasteiger partial charge in [0.1, 0.15) is 6.61 Å². The minimum absolute atomic E-state index is 0.190. The van der Waals surface area contributed by atoms with Crippen LogP contribution >= 0.6 is 0 Å². The molecule has 1 saturated heterocycles. The minimum atomic E-state index is -0.673. The maximum absolute atomic E-state index is 10.1. The van der Waals surface area contributed by atoms with E-state index in [2.05, 4.69) is 15.4 Å². The van der Waals surface area contributed by atoms with Crippen LogP contribution in [0.2, 0.25) is 0 Å². The second kappa shape index (κ2) is 1.74. The summed E-state index contributed by atoms with van der Waals surface area (Å²) in [6, 6.07) is 0. The fraction of sp³-hybridized carbons (Fsp3) is 0.400. The summed E-state index contributed by atoms with van der Waals surface area (Å²) in [6.07, 6.45) is 3.75. The molecule has 1 aliphatic rings. The van der Waals surface area contributed by atoms with Crippen LogP contribution in [-0.2, 0) is 9.47 Å². The molecule has 0 amide bonds. The van der Waals surface area contributed by atoms with E-state index in [0.717, 1.165) is 0 Å². The van der Waals surface area contributed by atoms with Crippen LogP contribution in [0.3, 0.4) is 0 Å². The monoisotopic (exact) mass is 112 g/mol. The third kappa shape index (κ3) is 0.733. The fourth-order valence-electron chi connectivity index (χ4n) is 0.410. The number of cyclic esters (lactones) is 2. The molecule has 1 heterocycles. The Balaban J connectivity index is 2.47. The van der Waals surface area contributed by atoms with Crippen LogP contribution in [0.5, 0.6) is 0 Å². The molecule has 0 N–H and O–H groups in total. The predicted molar refractivity (Wildman–Crippen MR) is 25.1 cm³/mol. The second-order valence-electron chi connectivity index (χ2n) is 1.33. The first-order chi connectivity index (χ1) is 3.83. The predicted octanol–water partition coefficient (Wildman–Crippen LogP) is 0.155. The number of carbonyl (C=O) groups is 1. The molecule has 0 saturated carbocycles. The normalized spacial score (nSPS) is 25.9. The van der Waals surface area contributed by atoms with Crippen molar-refractivity contribution in [2.24, 2.45) is 0 Å². The van der Waals surface area contributed by atoms with E-state index in [-0.39, 0.29) is 6.61 Å². The highest BCUT2D eigenvalue weighted by molar-refractivity contribution is 5.62. The van der Waals surface area contributed by atoms with Crippen molar-refractivity contribution >= 4 is 6.16 Å². The van der Waals surface area contributed by atoms with Gasteiger partial charge in [-0.3, -0.25) is 0 Å². The van der Waals surface area contributed by atoms with Crippen molar-refractivity contribution in [3.63, 3.8) is 0 Å². The molecular formula is C5H4O3. The van der Waals surface area contributed by atoms with Gasteiger partial charge < -0.3 is 9.47 Å². The van der Waals surface area contributed by atoms with E-state index in [1.807, 2.05) is 0 Å². The van der Waals surface area contributed by atoms with Crippen molar-refractivity contribution in [3.05, 3.63) is 0 Å². The van der Waals surface area contributed by atoms with Gasteiger partial charge in [0.25, 0.3) is 0 Å². The first-order valence-corrected chi connectivity index (χ1v) is 2.12. The van der Waals surface area contributed by atoms with Crippen LogP contribution in [0.15, 0.2) is 0 Å². The summed E-state index contributed by atoms with van der Waals surface area (Å²) >= 11 is 0. The first-order valence-electron chi connectivity index (χ1n) is 2.12. The number of carbonyl (C=O) groups excluding carboxylic acids is 1. The standard InChI is InChI=1S/C5H4O3/c1-2-4-3-7-5(6)8-4/h1,4H,3H2. The molecule has 0 aromatic carbocycles. The van der Waals surface area contributed by atoms with Crippen LogP contribution in [-0.4, -0.2) is 18.9 Å². The van der Waals surface area contributed by atoms with Gasteiger partial charge in [-0.15, -0.1) is 6.42 Å². The molecule has 1 rings (SSSR count). The van der Waals surface area contributed by atoms with Crippen LogP contribution in [0, 0.1) is 12.3 Å². The summed E-state index contributed by atoms with van der Waals surface area (Å²) in [6.45, 7) is 0.190. The highest BCUT2D eigenvalue weighted by Crippen LogP contribution is 2.03. The van der Waals surface area contributed by atoms with Gasteiger partial charge in [0.05, 0.1) is 0 Å². The second-order valence-corrected chi connectivity index (χ2v) is 1.33. The van der Waals surface area contributed by atoms with Gasteiger partial charge >= 0.3 is 6.16 Å². The Labute approximate surface area is 46.6 Å². The van der Waals surface area contributed by atoms with Crippen molar-refractivity contribution in [1.82, 2.24) is 0 Å². The topological polar surface area (TPSA) is 35.5 Å². The molecule has 1 aliphatic heterocycles. The van der Waals surface area contributed by atoms with Crippen LogP contribution in [0.25, 0.3) is 0 Å². The molecule has 0 aromatic heterocycles. The lowest BCUT2D eigenvalue weighted by atomic mass is 10.4. The Morgan fingerprint density at radius 3 is 2.88 bits per heavy atom. The largest absolute Gasteiger partial charge is 0.509 e. The van der Waals surface area contributed by atoms with E-state index in [9.17, 15) is 4.79 Å². The molecule has 1 atom stereocenters. The van der Waals surface area contributed by atoms with Gasteiger partial charge in [-0.05, 0) is 0 Å². The zero-order valence-corrected chi connectivity index (χ0v) is 4.09. The quantitative estimate of drug-likeness (QED) is 0.330. The SMILES string of the molecule is C#CC1COC(=O)O1. The van der Waals surface area contributed by atoms with E-state index in [1.54, 1.807) is 0 Å². The lowest BCUT2D eigenvalue weighted by Gasteiger charge is -1.89. The molecule has 3 heteroatoms. The maximum atomic E-state index is 10.1. The molecule has 42 valence electrons. The maximum Gasteiger partial charge on any atom is 0.509 e. The summed E-state index contributed by atoms with van der Waals surface area (Å²) in [7, 11) is 0. The summed E-state index contributed by atoms with van der Waals surface area (Å²) in [5.74, 6) is 2.23. The molecule has 0 aromatic rings. The van der Waals surface area contributed by atoms with E-state index >= 15 is 0 Å². The molecule has 0 bridgehead atoms. The van der Waals surface area contributed by atoms with Crippen molar-refractivity contribution in [1.29, 1.82) is 0 Å². The smallest absolute Gasteiger partial charge is 0.429 e. The summed E-state index contributed by atoms with van der Waals surface area (Å²) in [4.78, 5) is 10.1. The zero-order valence-electron chi connectivity index (χ0n) is 4.09. The number of hydrogen-bond donors (Lipinski definition) is 0. The van der Waals surface area contributed by atoms with Gasteiger partial charge in [0.2, 0.25) is 0 Å². The van der Waals surface area contributed by atoms with E-state index < -0.39 is 12.3 Å². The zero-order chi connectivity index (χ0) is 5.98. The first kappa shape index (κ1) is 4.98. The van der Waals surface area contributed by atoms with Crippen molar-refractivity contribution in [3.8, 4) is 12.3 Å². The average molecular weight is 112 g/mol. The summed E-state index contributed by atoms with van der Waals surface area (Å²) < 4.78 is 8.77. The van der Waals surface area contributed by atoms with Crippen molar-refractivity contribution < 1.29 is 14.3 Å². The Hall–Kier alpha value is -1.17. The van der Waals surface area contributed by atoms with Crippen molar-refractivity contribution in [2.75, 3.05) is 6.61 Å². The minimum Gasteiger partial charge on any atom is -0.429 e. The molecular weight excluding hydrogens is 108 g/mol. The summed E-state index contributed by atoms with van der Waals surface area (Å²) in [5.41, 5.74) is 0. The molecule has 0 radical (unpaired) electrons. The Morgan fingerprint density at radius 2 is 2.62 bits per heavy atom. The third-order valence-corrected chi connectivity index (χ3v) is 0.777. The molecule has 1 unspecified atom stereocenters. The van der Waals surface area contributed by atoms with E-state index in [4.69, 9.17) is 6.42 Å². The molecule has 8 heavy (non-hydrogen) atoms. The van der Waals surface area contributed by atoms with Crippen molar-refractivity contribution in [2.45, 2.75) is 6.10 Å². The average Bonchev–Trinajstić information content (AvgIpc) is 2.14. The number of hydrogen-bond acceptors (Lipinski definition) is 3. The summed E-state index contributed by atoms with van der Waals surface area (Å²) in [5, 5.41) is 0. The van der Waals surface area contributed by atoms with E-state index in [1.165, 1.54) is 0 Å². The Morgan fingerprint density at radius 1 is 1.88 bits per heavy atom.